The first kappa shape index (κ1) is 19.0. The number of hydrogen-bond donors (Lipinski definition) is 2. The number of methoxy groups -OCH3 is 1. The second kappa shape index (κ2) is 9.85. The minimum Gasteiger partial charge on any atom is -0.496 e. The monoisotopic (exact) mass is 391 g/mol. The van der Waals surface area contributed by atoms with Gasteiger partial charge in [-0.3, -0.25) is 0 Å². The molecule has 0 saturated heterocycles. The quantitative estimate of drug-likeness (QED) is 0.445. The van der Waals surface area contributed by atoms with Gasteiger partial charge in [0.05, 0.1) is 13.7 Å². The summed E-state index contributed by atoms with van der Waals surface area (Å²) in [5.74, 6) is 2.08. The van der Waals surface area contributed by atoms with Crippen LogP contribution in [0.15, 0.2) is 23.2 Å². The number of benzene rings is 1. The standard InChI is InChI=1S/C15H25N3O.HI/c1-11(2)7-8-17-15(16)18-10-13-5-6-14(19-4)12(3)9-13;/h5-6,9,11H,7-8,10H2,1-4H3,(H3,16,17,18);1H. The zero-order chi connectivity index (χ0) is 14.3. The smallest absolute Gasteiger partial charge is 0.188 e. The van der Waals surface area contributed by atoms with Crippen LogP contribution in [0.4, 0.5) is 0 Å². The van der Waals surface area contributed by atoms with Gasteiger partial charge in [0.15, 0.2) is 5.96 Å². The van der Waals surface area contributed by atoms with Gasteiger partial charge in [0.2, 0.25) is 0 Å². The van der Waals surface area contributed by atoms with Crippen LogP contribution >= 0.6 is 24.0 Å². The Morgan fingerprint density at radius 2 is 2.10 bits per heavy atom. The highest BCUT2D eigenvalue weighted by atomic mass is 127. The van der Waals surface area contributed by atoms with Crippen LogP contribution in [0.25, 0.3) is 0 Å². The summed E-state index contributed by atoms with van der Waals surface area (Å²) < 4.78 is 5.23. The zero-order valence-electron chi connectivity index (χ0n) is 12.8. The molecular formula is C15H26IN3O. The molecule has 0 fully saturated rings. The third-order valence-electron chi connectivity index (χ3n) is 2.92. The average molecular weight is 391 g/mol. The molecule has 0 aliphatic rings. The second-order valence-corrected chi connectivity index (χ2v) is 5.11. The first-order valence-electron chi connectivity index (χ1n) is 6.70. The van der Waals surface area contributed by atoms with Crippen molar-refractivity contribution in [1.82, 2.24) is 5.32 Å². The Morgan fingerprint density at radius 3 is 2.65 bits per heavy atom. The van der Waals surface area contributed by atoms with E-state index in [1.807, 2.05) is 19.1 Å². The lowest BCUT2D eigenvalue weighted by Crippen LogP contribution is -2.32. The van der Waals surface area contributed by atoms with Gasteiger partial charge in [0.25, 0.3) is 0 Å². The molecule has 0 spiro atoms. The van der Waals surface area contributed by atoms with Gasteiger partial charge in [-0.25, -0.2) is 4.99 Å². The van der Waals surface area contributed by atoms with Crippen molar-refractivity contribution in [2.75, 3.05) is 13.7 Å². The predicted octanol–water partition coefficient (Wildman–Crippen LogP) is 3.07. The molecule has 0 unspecified atom stereocenters. The van der Waals surface area contributed by atoms with Crippen molar-refractivity contribution in [2.24, 2.45) is 16.6 Å². The molecule has 0 atom stereocenters. The van der Waals surface area contributed by atoms with E-state index in [1.54, 1.807) is 7.11 Å². The lowest BCUT2D eigenvalue weighted by Gasteiger charge is -2.08. The van der Waals surface area contributed by atoms with Gasteiger partial charge >= 0.3 is 0 Å². The number of rotatable bonds is 6. The van der Waals surface area contributed by atoms with Gasteiger partial charge < -0.3 is 15.8 Å². The Hall–Kier alpha value is -0.980. The summed E-state index contributed by atoms with van der Waals surface area (Å²) in [5, 5.41) is 3.12. The molecule has 1 aromatic carbocycles. The third kappa shape index (κ3) is 6.98. The summed E-state index contributed by atoms with van der Waals surface area (Å²) >= 11 is 0. The van der Waals surface area contributed by atoms with Gasteiger partial charge in [-0.15, -0.1) is 24.0 Å². The highest BCUT2D eigenvalue weighted by molar-refractivity contribution is 14.0. The van der Waals surface area contributed by atoms with Crippen LogP contribution < -0.4 is 15.8 Å². The van der Waals surface area contributed by atoms with Gasteiger partial charge in [0.1, 0.15) is 5.75 Å². The molecule has 0 radical (unpaired) electrons. The molecular weight excluding hydrogens is 365 g/mol. The van der Waals surface area contributed by atoms with Crippen LogP contribution in [0.2, 0.25) is 0 Å². The lowest BCUT2D eigenvalue weighted by molar-refractivity contribution is 0.411. The summed E-state index contributed by atoms with van der Waals surface area (Å²) in [7, 11) is 1.68. The number of ether oxygens (including phenoxy) is 1. The van der Waals surface area contributed by atoms with E-state index >= 15 is 0 Å². The maximum Gasteiger partial charge on any atom is 0.188 e. The van der Waals surface area contributed by atoms with Crippen molar-refractivity contribution in [2.45, 2.75) is 33.7 Å². The van der Waals surface area contributed by atoms with Crippen molar-refractivity contribution in [3.05, 3.63) is 29.3 Å². The van der Waals surface area contributed by atoms with E-state index in [0.29, 0.717) is 18.4 Å². The predicted molar refractivity (Wildman–Crippen MR) is 95.9 cm³/mol. The summed E-state index contributed by atoms with van der Waals surface area (Å²) in [4.78, 5) is 4.33. The Kier molecular flexibility index (Phi) is 9.37. The van der Waals surface area contributed by atoms with E-state index < -0.39 is 0 Å². The maximum absolute atomic E-state index is 5.82. The number of aryl methyl sites for hydroxylation is 1. The molecule has 3 N–H and O–H groups in total. The Balaban J connectivity index is 0.00000361. The largest absolute Gasteiger partial charge is 0.496 e. The van der Waals surface area contributed by atoms with E-state index in [2.05, 4.69) is 30.2 Å². The second-order valence-electron chi connectivity index (χ2n) is 5.11. The molecule has 1 aromatic rings. The molecule has 0 aromatic heterocycles. The van der Waals surface area contributed by atoms with Crippen LogP contribution in [0.5, 0.6) is 5.75 Å². The molecule has 0 amide bonds. The molecule has 5 heteroatoms. The Bertz CT molecular complexity index is 433. The molecule has 20 heavy (non-hydrogen) atoms. The lowest BCUT2D eigenvalue weighted by atomic mass is 10.1. The van der Waals surface area contributed by atoms with E-state index in [-0.39, 0.29) is 24.0 Å². The fraction of sp³-hybridized carbons (Fsp3) is 0.533. The number of guanidine groups is 1. The molecule has 1 rings (SSSR count). The average Bonchev–Trinajstić information content (AvgIpc) is 2.36. The number of aliphatic imine (C=N–C) groups is 1. The summed E-state index contributed by atoms with van der Waals surface area (Å²) in [6.07, 6.45) is 1.10. The SMILES string of the molecule is COc1ccc(CN=C(N)NCCC(C)C)cc1C.I. The van der Waals surface area contributed by atoms with Crippen molar-refractivity contribution in [3.63, 3.8) is 0 Å². The highest BCUT2D eigenvalue weighted by Crippen LogP contribution is 2.18. The minimum atomic E-state index is 0. The van der Waals surface area contributed by atoms with Gasteiger partial charge in [0, 0.05) is 6.54 Å². The number of hydrogen-bond acceptors (Lipinski definition) is 2. The maximum atomic E-state index is 5.82. The van der Waals surface area contributed by atoms with E-state index in [4.69, 9.17) is 10.5 Å². The van der Waals surface area contributed by atoms with Crippen molar-refractivity contribution < 1.29 is 4.74 Å². The Morgan fingerprint density at radius 1 is 1.40 bits per heavy atom. The minimum absolute atomic E-state index is 0. The molecule has 114 valence electrons. The molecule has 0 aliphatic heterocycles. The molecule has 0 saturated carbocycles. The summed E-state index contributed by atoms with van der Waals surface area (Å²) in [6, 6.07) is 6.04. The highest BCUT2D eigenvalue weighted by Gasteiger charge is 2.00. The van der Waals surface area contributed by atoms with Crippen LogP contribution in [0, 0.1) is 12.8 Å². The summed E-state index contributed by atoms with van der Waals surface area (Å²) in [5.41, 5.74) is 8.06. The summed E-state index contributed by atoms with van der Waals surface area (Å²) in [6.45, 7) is 7.86. The number of nitrogens with zero attached hydrogens (tertiary/aromatic N) is 1. The first-order valence-corrected chi connectivity index (χ1v) is 6.70. The fourth-order valence-corrected chi connectivity index (χ4v) is 1.76. The molecule has 4 nitrogen and oxygen atoms in total. The van der Waals surface area contributed by atoms with Crippen molar-refractivity contribution in [3.8, 4) is 5.75 Å². The molecule has 0 aliphatic carbocycles. The van der Waals surface area contributed by atoms with Crippen LogP contribution in [0.3, 0.4) is 0 Å². The molecule has 0 bridgehead atoms. The normalized spacial score (nSPS) is 11.2. The van der Waals surface area contributed by atoms with Crippen LogP contribution in [-0.2, 0) is 6.54 Å². The number of nitrogens with one attached hydrogen (secondary N) is 1. The molecule has 0 heterocycles. The van der Waals surface area contributed by atoms with E-state index in [9.17, 15) is 0 Å². The Labute approximate surface area is 139 Å². The topological polar surface area (TPSA) is 59.6 Å². The van der Waals surface area contributed by atoms with Gasteiger partial charge in [-0.1, -0.05) is 26.0 Å². The van der Waals surface area contributed by atoms with E-state index in [1.165, 1.54) is 0 Å². The van der Waals surface area contributed by atoms with Crippen molar-refractivity contribution in [1.29, 1.82) is 0 Å². The van der Waals surface area contributed by atoms with Crippen molar-refractivity contribution >= 4 is 29.9 Å². The van der Waals surface area contributed by atoms with Crippen LogP contribution in [-0.4, -0.2) is 19.6 Å². The fourth-order valence-electron chi connectivity index (χ4n) is 1.76. The van der Waals surface area contributed by atoms with E-state index in [0.717, 1.165) is 29.8 Å². The number of nitrogens with two attached hydrogens (primary N) is 1. The zero-order valence-corrected chi connectivity index (χ0v) is 15.1. The number of halogens is 1. The van der Waals surface area contributed by atoms with Gasteiger partial charge in [-0.2, -0.15) is 0 Å². The van der Waals surface area contributed by atoms with Gasteiger partial charge in [-0.05, 0) is 36.5 Å². The van der Waals surface area contributed by atoms with Crippen LogP contribution in [0.1, 0.15) is 31.4 Å². The first-order chi connectivity index (χ1) is 9.02. The third-order valence-corrected chi connectivity index (χ3v) is 2.92.